The molecule has 0 bridgehead atoms. The van der Waals surface area contributed by atoms with Crippen molar-refractivity contribution in [1.82, 2.24) is 10.2 Å². The molecule has 1 aromatic carbocycles. The molecule has 106 valence electrons. The lowest BCUT2D eigenvalue weighted by atomic mass is 10.1. The maximum Gasteiger partial charge on any atom is 0.269 e. The van der Waals surface area contributed by atoms with Gasteiger partial charge in [-0.1, -0.05) is 19.1 Å². The molecule has 1 heterocycles. The van der Waals surface area contributed by atoms with Gasteiger partial charge in [0.1, 0.15) is 6.17 Å². The molecule has 0 spiro atoms. The Kier molecular flexibility index (Phi) is 2.97. The Morgan fingerprint density at radius 2 is 2.10 bits per heavy atom. The van der Waals surface area contributed by atoms with Crippen molar-refractivity contribution < 1.29 is 9.72 Å². The van der Waals surface area contributed by atoms with Crippen molar-refractivity contribution in [2.24, 2.45) is 5.92 Å². The first kappa shape index (κ1) is 13.1. The quantitative estimate of drug-likeness (QED) is 0.674. The standard InChI is InChI=1S/C14H17N3O3/c1-8-6-12(8)16-13(15-9(2)14(16)18)10-4-3-5-11(7-10)17(19)20/h3-5,7-9,12-13,15H,6H2,1-2H3. The van der Waals surface area contributed by atoms with Crippen LogP contribution in [0.25, 0.3) is 0 Å². The third-order valence-corrected chi connectivity index (χ3v) is 4.13. The third-order valence-electron chi connectivity index (χ3n) is 4.13. The van der Waals surface area contributed by atoms with E-state index in [9.17, 15) is 14.9 Å². The Balaban J connectivity index is 1.93. The molecule has 1 aliphatic heterocycles. The number of rotatable bonds is 3. The van der Waals surface area contributed by atoms with Gasteiger partial charge in [-0.05, 0) is 24.8 Å². The van der Waals surface area contributed by atoms with Gasteiger partial charge in [0.25, 0.3) is 5.69 Å². The average Bonchev–Trinajstić information content (AvgIpc) is 3.06. The summed E-state index contributed by atoms with van der Waals surface area (Å²) in [5.74, 6) is 0.586. The summed E-state index contributed by atoms with van der Waals surface area (Å²) in [7, 11) is 0. The number of hydrogen-bond acceptors (Lipinski definition) is 4. The molecule has 20 heavy (non-hydrogen) atoms. The van der Waals surface area contributed by atoms with E-state index in [1.165, 1.54) is 6.07 Å². The smallest absolute Gasteiger partial charge is 0.269 e. The molecule has 4 unspecified atom stereocenters. The highest BCUT2D eigenvalue weighted by atomic mass is 16.6. The molecule has 2 aliphatic rings. The average molecular weight is 275 g/mol. The number of carbonyl (C=O) groups excluding carboxylic acids is 1. The number of amides is 1. The molecule has 1 aromatic rings. The van der Waals surface area contributed by atoms with Gasteiger partial charge in [0, 0.05) is 18.2 Å². The highest BCUT2D eigenvalue weighted by Crippen LogP contribution is 2.42. The Bertz CT molecular complexity index is 575. The topological polar surface area (TPSA) is 75.5 Å². The first-order valence-electron chi connectivity index (χ1n) is 6.81. The number of nitro benzene ring substituents is 1. The second-order valence-electron chi connectivity index (χ2n) is 5.67. The number of nitrogens with zero attached hydrogens (tertiary/aromatic N) is 2. The Hall–Kier alpha value is -1.95. The second-order valence-corrected chi connectivity index (χ2v) is 5.67. The monoisotopic (exact) mass is 275 g/mol. The summed E-state index contributed by atoms with van der Waals surface area (Å²) in [6.45, 7) is 3.95. The molecule has 3 rings (SSSR count). The molecule has 1 amide bonds. The molecule has 1 aliphatic carbocycles. The lowest BCUT2D eigenvalue weighted by molar-refractivity contribution is -0.385. The van der Waals surface area contributed by atoms with E-state index in [4.69, 9.17) is 0 Å². The number of non-ortho nitro benzene ring substituents is 1. The summed E-state index contributed by atoms with van der Waals surface area (Å²) in [4.78, 5) is 24.6. The van der Waals surface area contributed by atoms with Gasteiger partial charge >= 0.3 is 0 Å². The summed E-state index contributed by atoms with van der Waals surface area (Å²) in [5, 5.41) is 14.1. The summed E-state index contributed by atoms with van der Waals surface area (Å²) >= 11 is 0. The van der Waals surface area contributed by atoms with Crippen molar-refractivity contribution in [1.29, 1.82) is 0 Å². The predicted molar refractivity (Wildman–Crippen MR) is 72.9 cm³/mol. The summed E-state index contributed by atoms with van der Waals surface area (Å²) < 4.78 is 0. The molecule has 6 heteroatoms. The van der Waals surface area contributed by atoms with E-state index in [0.29, 0.717) is 5.92 Å². The highest BCUT2D eigenvalue weighted by molar-refractivity contribution is 5.84. The lowest BCUT2D eigenvalue weighted by Crippen LogP contribution is -2.33. The van der Waals surface area contributed by atoms with Gasteiger partial charge in [0.15, 0.2) is 0 Å². The summed E-state index contributed by atoms with van der Waals surface area (Å²) in [5.41, 5.74) is 0.830. The number of hydrogen-bond donors (Lipinski definition) is 1. The Morgan fingerprint density at radius 3 is 2.70 bits per heavy atom. The molecular formula is C14H17N3O3. The fourth-order valence-electron chi connectivity index (χ4n) is 2.85. The van der Waals surface area contributed by atoms with Crippen molar-refractivity contribution in [3.05, 3.63) is 39.9 Å². The lowest BCUT2D eigenvalue weighted by Gasteiger charge is -2.24. The molecule has 0 radical (unpaired) electrons. The zero-order chi connectivity index (χ0) is 14.4. The molecule has 0 aromatic heterocycles. The van der Waals surface area contributed by atoms with Crippen LogP contribution in [0.15, 0.2) is 24.3 Å². The van der Waals surface area contributed by atoms with Crippen molar-refractivity contribution >= 4 is 11.6 Å². The SMILES string of the molecule is CC1NC(c2cccc([N+](=O)[O-])c2)N(C2CC2C)C1=O. The number of carbonyl (C=O) groups is 1. The largest absolute Gasteiger partial charge is 0.318 e. The van der Waals surface area contributed by atoms with E-state index in [-0.39, 0.29) is 29.8 Å². The number of nitrogens with one attached hydrogen (secondary N) is 1. The van der Waals surface area contributed by atoms with Gasteiger partial charge in [0.2, 0.25) is 5.91 Å². The van der Waals surface area contributed by atoms with E-state index in [1.54, 1.807) is 12.1 Å². The van der Waals surface area contributed by atoms with E-state index >= 15 is 0 Å². The van der Waals surface area contributed by atoms with Gasteiger partial charge in [0.05, 0.1) is 11.0 Å². The van der Waals surface area contributed by atoms with Gasteiger partial charge in [-0.2, -0.15) is 0 Å². The normalized spacial score (nSPS) is 32.5. The molecular weight excluding hydrogens is 258 g/mol. The molecule has 1 N–H and O–H groups in total. The van der Waals surface area contributed by atoms with E-state index in [2.05, 4.69) is 12.2 Å². The van der Waals surface area contributed by atoms with Crippen LogP contribution in [-0.2, 0) is 4.79 Å². The van der Waals surface area contributed by atoms with Crippen molar-refractivity contribution in [3.8, 4) is 0 Å². The van der Waals surface area contributed by atoms with Crippen LogP contribution in [0.2, 0.25) is 0 Å². The third kappa shape index (κ3) is 2.06. The van der Waals surface area contributed by atoms with Gasteiger partial charge in [-0.15, -0.1) is 0 Å². The fraction of sp³-hybridized carbons (Fsp3) is 0.500. The minimum atomic E-state index is -0.409. The predicted octanol–water partition coefficient (Wildman–Crippen LogP) is 1.82. The summed E-state index contributed by atoms with van der Waals surface area (Å²) in [6.07, 6.45) is 0.748. The maximum absolute atomic E-state index is 12.3. The molecule has 4 atom stereocenters. The minimum Gasteiger partial charge on any atom is -0.318 e. The van der Waals surface area contributed by atoms with Crippen LogP contribution in [0.4, 0.5) is 5.69 Å². The maximum atomic E-state index is 12.3. The molecule has 1 saturated heterocycles. The van der Waals surface area contributed by atoms with Crippen LogP contribution >= 0.6 is 0 Å². The zero-order valence-electron chi connectivity index (χ0n) is 11.4. The van der Waals surface area contributed by atoms with Crippen LogP contribution in [0, 0.1) is 16.0 Å². The van der Waals surface area contributed by atoms with Crippen LogP contribution in [0.1, 0.15) is 32.0 Å². The van der Waals surface area contributed by atoms with Crippen LogP contribution in [0.5, 0.6) is 0 Å². The van der Waals surface area contributed by atoms with Crippen LogP contribution in [0.3, 0.4) is 0 Å². The fourth-order valence-corrected chi connectivity index (χ4v) is 2.85. The zero-order valence-corrected chi connectivity index (χ0v) is 11.4. The van der Waals surface area contributed by atoms with Crippen LogP contribution < -0.4 is 5.32 Å². The van der Waals surface area contributed by atoms with E-state index < -0.39 is 4.92 Å². The second kappa shape index (κ2) is 4.56. The first-order valence-corrected chi connectivity index (χ1v) is 6.81. The molecule has 1 saturated carbocycles. The van der Waals surface area contributed by atoms with Gasteiger partial charge in [-0.3, -0.25) is 20.2 Å². The Labute approximate surface area is 116 Å². The van der Waals surface area contributed by atoms with Crippen LogP contribution in [-0.4, -0.2) is 27.8 Å². The van der Waals surface area contributed by atoms with Crippen molar-refractivity contribution in [2.45, 2.75) is 38.5 Å². The summed E-state index contributed by atoms with van der Waals surface area (Å²) in [6, 6.07) is 6.51. The van der Waals surface area contributed by atoms with Gasteiger partial charge in [-0.25, -0.2) is 0 Å². The van der Waals surface area contributed by atoms with Crippen molar-refractivity contribution in [3.63, 3.8) is 0 Å². The number of benzene rings is 1. The number of nitro groups is 1. The Morgan fingerprint density at radius 1 is 1.40 bits per heavy atom. The molecule has 6 nitrogen and oxygen atoms in total. The molecule has 2 fully saturated rings. The minimum absolute atomic E-state index is 0.0556. The van der Waals surface area contributed by atoms with Gasteiger partial charge < -0.3 is 4.90 Å². The van der Waals surface area contributed by atoms with E-state index in [1.807, 2.05) is 17.9 Å². The highest BCUT2D eigenvalue weighted by Gasteiger charge is 2.49. The van der Waals surface area contributed by atoms with E-state index in [0.717, 1.165) is 12.0 Å². The first-order chi connectivity index (χ1) is 9.49. The van der Waals surface area contributed by atoms with Crippen molar-refractivity contribution in [2.75, 3.05) is 0 Å².